The van der Waals surface area contributed by atoms with E-state index >= 15 is 0 Å². The maximum absolute atomic E-state index is 10.7. The molecule has 2 fully saturated rings. The summed E-state index contributed by atoms with van der Waals surface area (Å²) in [4.78, 5) is 10.7. The van der Waals surface area contributed by atoms with Gasteiger partial charge >= 0.3 is 5.97 Å². The third kappa shape index (κ3) is 0.678. The molecule has 0 amide bonds. The average Bonchev–Trinajstić information content (AvgIpc) is 2.42. The third-order valence-electron chi connectivity index (χ3n) is 3.10. The summed E-state index contributed by atoms with van der Waals surface area (Å²) < 4.78 is 0. The van der Waals surface area contributed by atoms with Gasteiger partial charge < -0.3 is 5.11 Å². The summed E-state index contributed by atoms with van der Waals surface area (Å²) >= 11 is 0. The fourth-order valence-electron chi connectivity index (χ4n) is 2.28. The third-order valence-corrected chi connectivity index (χ3v) is 3.10. The summed E-state index contributed by atoms with van der Waals surface area (Å²) in [6.07, 6.45) is 5.57. The van der Waals surface area contributed by atoms with Crippen molar-refractivity contribution in [2.45, 2.75) is 32.1 Å². The molecule has 56 valence electrons. The molecule has 1 spiro atoms. The predicted molar refractivity (Wildman–Crippen MR) is 36.6 cm³/mol. The summed E-state index contributed by atoms with van der Waals surface area (Å²) in [5.74, 6) is -0.553. The lowest BCUT2D eigenvalue weighted by Gasteiger charge is -2.11. The maximum atomic E-state index is 10.7. The first-order chi connectivity index (χ1) is 4.75. The molecule has 0 aromatic heterocycles. The van der Waals surface area contributed by atoms with E-state index in [0.717, 1.165) is 12.8 Å². The first-order valence-corrected chi connectivity index (χ1v) is 3.97. The van der Waals surface area contributed by atoms with E-state index in [1.165, 1.54) is 19.3 Å². The molecule has 0 bridgehead atoms. The van der Waals surface area contributed by atoms with Crippen LogP contribution in [0.4, 0.5) is 0 Å². The van der Waals surface area contributed by atoms with Gasteiger partial charge in [0.1, 0.15) is 0 Å². The highest BCUT2D eigenvalue weighted by Gasteiger charge is 2.54. The summed E-state index contributed by atoms with van der Waals surface area (Å²) in [5.41, 5.74) is 0.284. The Morgan fingerprint density at radius 2 is 2.10 bits per heavy atom. The molecule has 2 nitrogen and oxygen atoms in total. The molecule has 0 aliphatic heterocycles. The molecule has 0 unspecified atom stereocenters. The van der Waals surface area contributed by atoms with Gasteiger partial charge in [-0.1, -0.05) is 6.42 Å². The Morgan fingerprint density at radius 3 is 2.50 bits per heavy atom. The largest absolute Gasteiger partial charge is 0.481 e. The molecule has 0 saturated heterocycles. The molecule has 0 radical (unpaired) electrons. The molecule has 1 N–H and O–H groups in total. The monoisotopic (exact) mass is 140 g/mol. The molecule has 2 rings (SSSR count). The summed E-state index contributed by atoms with van der Waals surface area (Å²) in [6.45, 7) is 0. The lowest BCUT2D eigenvalue weighted by atomic mass is 9.93. The molecule has 2 saturated carbocycles. The molecular formula is C8H12O2. The van der Waals surface area contributed by atoms with Crippen molar-refractivity contribution in [1.82, 2.24) is 0 Å². The van der Waals surface area contributed by atoms with Gasteiger partial charge in [0, 0.05) is 0 Å². The summed E-state index contributed by atoms with van der Waals surface area (Å²) in [5, 5.41) is 8.79. The quantitative estimate of drug-likeness (QED) is 0.601. The Hall–Kier alpha value is -0.530. The van der Waals surface area contributed by atoms with Crippen molar-refractivity contribution in [2.75, 3.05) is 0 Å². The van der Waals surface area contributed by atoms with E-state index in [2.05, 4.69) is 0 Å². The lowest BCUT2D eigenvalue weighted by molar-refractivity contribution is -0.143. The van der Waals surface area contributed by atoms with E-state index in [1.807, 2.05) is 0 Å². The molecule has 2 aliphatic rings. The summed E-state index contributed by atoms with van der Waals surface area (Å²) in [7, 11) is 0. The zero-order chi connectivity index (χ0) is 7.19. The standard InChI is InChI=1S/C8H12O2/c9-7(10)6-2-1-3-8(6)4-5-8/h6H,1-5H2,(H,9,10)/t6-/m1/s1. The number of hydrogen-bond acceptors (Lipinski definition) is 1. The highest BCUT2D eigenvalue weighted by Crippen LogP contribution is 2.61. The number of hydrogen-bond donors (Lipinski definition) is 1. The Balaban J connectivity index is 2.14. The second-order valence-electron chi connectivity index (χ2n) is 3.65. The van der Waals surface area contributed by atoms with Crippen LogP contribution < -0.4 is 0 Å². The van der Waals surface area contributed by atoms with Crippen molar-refractivity contribution >= 4 is 5.97 Å². The van der Waals surface area contributed by atoms with E-state index in [1.54, 1.807) is 0 Å². The molecule has 10 heavy (non-hydrogen) atoms. The van der Waals surface area contributed by atoms with E-state index in [0.29, 0.717) is 0 Å². The maximum Gasteiger partial charge on any atom is 0.307 e. The van der Waals surface area contributed by atoms with Gasteiger partial charge in [-0.3, -0.25) is 4.79 Å². The van der Waals surface area contributed by atoms with E-state index in [4.69, 9.17) is 5.11 Å². The zero-order valence-corrected chi connectivity index (χ0v) is 5.97. The fourth-order valence-corrected chi connectivity index (χ4v) is 2.28. The topological polar surface area (TPSA) is 37.3 Å². The van der Waals surface area contributed by atoms with Crippen LogP contribution in [0.5, 0.6) is 0 Å². The van der Waals surface area contributed by atoms with Crippen molar-refractivity contribution in [1.29, 1.82) is 0 Å². The van der Waals surface area contributed by atoms with Crippen LogP contribution in [-0.4, -0.2) is 11.1 Å². The van der Waals surface area contributed by atoms with Crippen LogP contribution in [0.3, 0.4) is 0 Å². The highest BCUT2D eigenvalue weighted by molar-refractivity contribution is 5.72. The van der Waals surface area contributed by atoms with Gasteiger partial charge in [0.2, 0.25) is 0 Å². The SMILES string of the molecule is O=C(O)[C@H]1CCCC12CC2. The molecule has 0 aromatic rings. The summed E-state index contributed by atoms with van der Waals surface area (Å²) in [6, 6.07) is 0. The van der Waals surface area contributed by atoms with E-state index < -0.39 is 5.97 Å². The fraction of sp³-hybridized carbons (Fsp3) is 0.875. The van der Waals surface area contributed by atoms with E-state index in [9.17, 15) is 4.79 Å². The zero-order valence-electron chi connectivity index (χ0n) is 5.97. The normalized spacial score (nSPS) is 34.6. The average molecular weight is 140 g/mol. The predicted octanol–water partition coefficient (Wildman–Crippen LogP) is 1.65. The van der Waals surface area contributed by atoms with Crippen molar-refractivity contribution < 1.29 is 9.90 Å². The van der Waals surface area contributed by atoms with Crippen LogP contribution >= 0.6 is 0 Å². The number of aliphatic carboxylic acids is 1. The second kappa shape index (κ2) is 1.74. The van der Waals surface area contributed by atoms with Gasteiger partial charge in [0.15, 0.2) is 0 Å². The van der Waals surface area contributed by atoms with Gasteiger partial charge in [-0.2, -0.15) is 0 Å². The molecule has 1 atom stereocenters. The highest BCUT2D eigenvalue weighted by atomic mass is 16.4. The van der Waals surface area contributed by atoms with Crippen molar-refractivity contribution in [2.24, 2.45) is 11.3 Å². The van der Waals surface area contributed by atoms with E-state index in [-0.39, 0.29) is 11.3 Å². The van der Waals surface area contributed by atoms with Gasteiger partial charge in [0.25, 0.3) is 0 Å². The van der Waals surface area contributed by atoms with Crippen LogP contribution in [0.1, 0.15) is 32.1 Å². The molecule has 2 heteroatoms. The number of carboxylic acid groups (broad SMARTS) is 1. The Bertz CT molecular complexity index is 170. The van der Waals surface area contributed by atoms with Crippen LogP contribution in [0.15, 0.2) is 0 Å². The first-order valence-electron chi connectivity index (χ1n) is 3.97. The number of carboxylic acids is 1. The smallest absolute Gasteiger partial charge is 0.307 e. The van der Waals surface area contributed by atoms with Gasteiger partial charge in [-0.15, -0.1) is 0 Å². The Labute approximate surface area is 60.2 Å². The van der Waals surface area contributed by atoms with Crippen LogP contribution in [0.2, 0.25) is 0 Å². The van der Waals surface area contributed by atoms with Crippen molar-refractivity contribution in [3.63, 3.8) is 0 Å². The minimum Gasteiger partial charge on any atom is -0.481 e. The molecule has 2 aliphatic carbocycles. The minimum absolute atomic E-state index is 0.00694. The van der Waals surface area contributed by atoms with Crippen LogP contribution in [-0.2, 0) is 4.79 Å². The molecule has 0 aromatic carbocycles. The second-order valence-corrected chi connectivity index (χ2v) is 3.65. The number of carbonyl (C=O) groups is 1. The Kier molecular flexibility index (Phi) is 1.08. The van der Waals surface area contributed by atoms with Gasteiger partial charge in [-0.25, -0.2) is 0 Å². The van der Waals surface area contributed by atoms with Gasteiger partial charge in [0.05, 0.1) is 5.92 Å². The van der Waals surface area contributed by atoms with Crippen molar-refractivity contribution in [3.8, 4) is 0 Å². The van der Waals surface area contributed by atoms with Crippen molar-refractivity contribution in [3.05, 3.63) is 0 Å². The van der Waals surface area contributed by atoms with Gasteiger partial charge in [-0.05, 0) is 31.1 Å². The Morgan fingerprint density at radius 1 is 1.40 bits per heavy atom. The minimum atomic E-state index is -0.560. The van der Waals surface area contributed by atoms with Crippen LogP contribution in [0.25, 0.3) is 0 Å². The molecular weight excluding hydrogens is 128 g/mol. The van der Waals surface area contributed by atoms with Crippen LogP contribution in [0, 0.1) is 11.3 Å². The molecule has 0 heterocycles. The number of rotatable bonds is 1. The first kappa shape index (κ1) is 6.20. The lowest BCUT2D eigenvalue weighted by Crippen LogP contribution is -2.18.